The van der Waals surface area contributed by atoms with Crippen LogP contribution in [0.15, 0.2) is 23.4 Å². The average Bonchev–Trinajstić information content (AvgIpc) is 2.22. The number of hydrogen-bond acceptors (Lipinski definition) is 3. The molecule has 0 aliphatic rings. The van der Waals surface area contributed by atoms with Gasteiger partial charge < -0.3 is 15.8 Å². The molecule has 92 valence electrons. The van der Waals surface area contributed by atoms with Gasteiger partial charge in [0.25, 0.3) is 11.1 Å². The number of rotatable bonds is 3. The van der Waals surface area contributed by atoms with Gasteiger partial charge in [0.05, 0.1) is 6.54 Å². The molecule has 0 bridgehead atoms. The van der Waals surface area contributed by atoms with Gasteiger partial charge in [0.1, 0.15) is 5.10 Å². The molecule has 0 spiro atoms. The molecule has 1 heterocycles. The summed E-state index contributed by atoms with van der Waals surface area (Å²) in [5.41, 5.74) is 5.96. The van der Waals surface area contributed by atoms with E-state index in [1.807, 2.05) is 0 Å². The van der Waals surface area contributed by atoms with Crippen LogP contribution < -0.4 is 10.5 Å². The van der Waals surface area contributed by atoms with E-state index in [1.54, 1.807) is 6.07 Å². The molecular weight excluding hydrogens is 250 g/mol. The van der Waals surface area contributed by atoms with Crippen molar-refractivity contribution in [3.63, 3.8) is 0 Å². The molecule has 2 N–H and O–H groups in total. The first-order chi connectivity index (χ1) is 7.90. The summed E-state index contributed by atoms with van der Waals surface area (Å²) >= 11 is 5.55. The van der Waals surface area contributed by atoms with Gasteiger partial charge in [-0.1, -0.05) is 0 Å². The lowest BCUT2D eigenvalue weighted by atomic mass is 10.3. The third-order valence-electron chi connectivity index (χ3n) is 1.92. The lowest BCUT2D eigenvalue weighted by Gasteiger charge is -2.14. The van der Waals surface area contributed by atoms with Crippen LogP contribution in [-0.2, 0) is 6.54 Å². The highest BCUT2D eigenvalue weighted by Gasteiger charge is 2.10. The first kappa shape index (κ1) is 13.0. The maximum Gasteiger partial charge on any atom is 0.286 e. The molecule has 0 unspecified atom stereocenters. The van der Waals surface area contributed by atoms with E-state index >= 15 is 0 Å². The number of aromatic nitrogens is 1. The Morgan fingerprint density at radius 2 is 2.35 bits per heavy atom. The number of nitrogens with zero attached hydrogens (tertiary/aromatic N) is 4. The Kier molecular flexibility index (Phi) is 4.05. The van der Waals surface area contributed by atoms with Crippen LogP contribution in [-0.4, -0.2) is 22.9 Å². The van der Waals surface area contributed by atoms with Crippen molar-refractivity contribution in [2.24, 2.45) is 10.8 Å². The lowest BCUT2D eigenvalue weighted by Crippen LogP contribution is -2.35. The number of nitrogens with two attached hydrogens (primary N) is 1. The second-order valence-electron chi connectivity index (χ2n) is 3.24. The summed E-state index contributed by atoms with van der Waals surface area (Å²) in [6.45, 7) is 0.211. The summed E-state index contributed by atoms with van der Waals surface area (Å²) < 4.78 is 0.492. The first-order valence-electron chi connectivity index (χ1n) is 4.47. The van der Waals surface area contributed by atoms with Gasteiger partial charge in [-0.15, -0.1) is 0 Å². The molecule has 0 aliphatic carbocycles. The highest BCUT2D eigenvalue weighted by Crippen LogP contribution is 2.05. The zero-order chi connectivity index (χ0) is 13.0. The normalized spacial score (nSPS) is 11.3. The van der Waals surface area contributed by atoms with E-state index in [4.69, 9.17) is 17.3 Å². The van der Waals surface area contributed by atoms with Gasteiger partial charge in [-0.05, 0) is 17.7 Å². The molecule has 0 saturated heterocycles. The lowest BCUT2D eigenvalue weighted by molar-refractivity contribution is -0.603. The monoisotopic (exact) mass is 259 g/mol. The minimum Gasteiger partial charge on any atom is -0.618 e. The molecule has 0 atom stereocenters. The fourth-order valence-electron chi connectivity index (χ4n) is 1.11. The minimum atomic E-state index is -0.887. The second-order valence-corrected chi connectivity index (χ2v) is 3.63. The maximum absolute atomic E-state index is 11.2. The Balaban J connectivity index is 2.77. The third-order valence-corrected chi connectivity index (χ3v) is 2.22. The smallest absolute Gasteiger partial charge is 0.286 e. The van der Waals surface area contributed by atoms with Gasteiger partial charge in [0, 0.05) is 18.7 Å². The van der Waals surface area contributed by atoms with Crippen molar-refractivity contribution >= 4 is 17.6 Å². The SMILES string of the molecule is CN(Cc1ccc(Cl)[n+]([O-])c1)C(N)=N[N+](=O)[O-]. The number of hydrazone groups is 1. The summed E-state index contributed by atoms with van der Waals surface area (Å²) in [4.78, 5) is 11.4. The largest absolute Gasteiger partial charge is 0.618 e. The molecule has 0 amide bonds. The van der Waals surface area contributed by atoms with Gasteiger partial charge in [-0.25, -0.2) is 10.1 Å². The number of pyridine rings is 1. The van der Waals surface area contributed by atoms with E-state index < -0.39 is 5.03 Å². The fourth-order valence-corrected chi connectivity index (χ4v) is 1.22. The third kappa shape index (κ3) is 3.76. The van der Waals surface area contributed by atoms with E-state index in [-0.39, 0.29) is 17.7 Å². The van der Waals surface area contributed by atoms with E-state index in [2.05, 4.69) is 5.10 Å². The molecule has 1 rings (SSSR count). The van der Waals surface area contributed by atoms with Crippen molar-refractivity contribution in [3.8, 4) is 0 Å². The van der Waals surface area contributed by atoms with Crippen LogP contribution in [0.3, 0.4) is 0 Å². The van der Waals surface area contributed by atoms with Gasteiger partial charge in [-0.2, -0.15) is 4.73 Å². The van der Waals surface area contributed by atoms with Gasteiger partial charge in [0.2, 0.25) is 0 Å². The Hall–Kier alpha value is -2.09. The number of guanidine groups is 1. The zero-order valence-corrected chi connectivity index (χ0v) is 9.66. The summed E-state index contributed by atoms with van der Waals surface area (Å²) in [5, 5.41) is 23.4. The zero-order valence-electron chi connectivity index (χ0n) is 8.91. The van der Waals surface area contributed by atoms with Gasteiger partial charge >= 0.3 is 0 Å². The molecular formula is C8H10ClN5O3. The molecule has 17 heavy (non-hydrogen) atoms. The highest BCUT2D eigenvalue weighted by atomic mass is 35.5. The average molecular weight is 260 g/mol. The number of hydrogen-bond donors (Lipinski definition) is 1. The predicted molar refractivity (Wildman–Crippen MR) is 60.5 cm³/mol. The molecule has 0 fully saturated rings. The Bertz CT molecular complexity index is 464. The molecule has 0 aromatic carbocycles. The van der Waals surface area contributed by atoms with E-state index in [9.17, 15) is 15.3 Å². The van der Waals surface area contributed by atoms with Gasteiger partial charge in [0.15, 0.2) is 11.2 Å². The molecule has 0 radical (unpaired) electrons. The van der Waals surface area contributed by atoms with Crippen molar-refractivity contribution in [2.45, 2.75) is 6.54 Å². The van der Waals surface area contributed by atoms with Crippen LogP contribution in [0.5, 0.6) is 0 Å². The van der Waals surface area contributed by atoms with Crippen LogP contribution >= 0.6 is 11.6 Å². The molecule has 0 saturated carbocycles. The van der Waals surface area contributed by atoms with Crippen molar-refractivity contribution in [1.29, 1.82) is 0 Å². The maximum atomic E-state index is 11.2. The fraction of sp³-hybridized carbons (Fsp3) is 0.250. The topological polar surface area (TPSA) is 112 Å². The van der Waals surface area contributed by atoms with Crippen LogP contribution in [0, 0.1) is 15.3 Å². The highest BCUT2D eigenvalue weighted by molar-refractivity contribution is 6.28. The van der Waals surface area contributed by atoms with E-state index in [0.717, 1.165) is 0 Å². The summed E-state index contributed by atoms with van der Waals surface area (Å²) in [5.74, 6) is -0.248. The molecule has 0 aliphatic heterocycles. The molecule has 9 heteroatoms. The van der Waals surface area contributed by atoms with Crippen LogP contribution in [0.4, 0.5) is 0 Å². The summed E-state index contributed by atoms with van der Waals surface area (Å²) in [6.07, 6.45) is 1.26. The molecule has 1 aromatic rings. The Morgan fingerprint density at radius 3 is 2.88 bits per heavy atom. The quantitative estimate of drug-likeness (QED) is 0.155. The van der Waals surface area contributed by atoms with E-state index in [1.165, 1.54) is 24.2 Å². The van der Waals surface area contributed by atoms with E-state index in [0.29, 0.717) is 10.3 Å². The van der Waals surface area contributed by atoms with Gasteiger partial charge in [-0.3, -0.25) is 0 Å². The first-order valence-corrected chi connectivity index (χ1v) is 4.85. The summed E-state index contributed by atoms with van der Waals surface area (Å²) in [6, 6.07) is 3.05. The van der Waals surface area contributed by atoms with Crippen molar-refractivity contribution < 1.29 is 9.76 Å². The Morgan fingerprint density at radius 1 is 1.71 bits per heavy atom. The van der Waals surface area contributed by atoms with Crippen LogP contribution in [0.2, 0.25) is 5.15 Å². The predicted octanol–water partition coefficient (Wildman–Crippen LogP) is -0.0884. The summed E-state index contributed by atoms with van der Waals surface area (Å²) in [7, 11) is 1.52. The van der Waals surface area contributed by atoms with Crippen molar-refractivity contribution in [2.75, 3.05) is 7.05 Å². The molecule has 1 aromatic heterocycles. The minimum absolute atomic E-state index is 0.0448. The van der Waals surface area contributed by atoms with Crippen molar-refractivity contribution in [3.05, 3.63) is 44.4 Å². The van der Waals surface area contributed by atoms with Crippen molar-refractivity contribution in [1.82, 2.24) is 4.90 Å². The second kappa shape index (κ2) is 5.30. The Labute approximate surface area is 102 Å². The standard InChI is InChI=1S/C8H10ClN5O3/c1-12(8(10)11-14(16)17)4-6-2-3-7(9)13(15)5-6/h2-3,5H,4H2,1H3,(H2,10,11). The van der Waals surface area contributed by atoms with Crippen LogP contribution in [0.25, 0.3) is 0 Å². The number of halogens is 1. The number of nitro groups is 1. The van der Waals surface area contributed by atoms with Crippen LogP contribution in [0.1, 0.15) is 5.56 Å². The molecule has 8 nitrogen and oxygen atoms in total.